The van der Waals surface area contributed by atoms with Crippen LogP contribution in [0, 0.1) is 25.2 Å². The minimum atomic E-state index is 0.643. The summed E-state index contributed by atoms with van der Waals surface area (Å²) in [4.78, 5) is 10.4. The van der Waals surface area contributed by atoms with E-state index in [1.165, 1.54) is 22.9 Å². The molecule has 0 aromatic carbocycles. The summed E-state index contributed by atoms with van der Waals surface area (Å²) in [6.45, 7) is 45.3. The van der Waals surface area contributed by atoms with Gasteiger partial charge in [-0.2, -0.15) is 0 Å². The highest BCUT2D eigenvalue weighted by Gasteiger charge is 2.03. The van der Waals surface area contributed by atoms with Crippen molar-refractivity contribution in [2.24, 2.45) is 9.98 Å². The number of likely N-dealkylation sites (N-methyl/N-ethyl adjacent to an activating group) is 1. The van der Waals surface area contributed by atoms with Crippen LogP contribution in [0.1, 0.15) is 88.5 Å². The molecule has 50 heavy (non-hydrogen) atoms. The van der Waals surface area contributed by atoms with Gasteiger partial charge in [-0.1, -0.05) is 76.6 Å². The quantitative estimate of drug-likeness (QED) is 0.0356. The lowest BCUT2D eigenvalue weighted by Crippen LogP contribution is -2.25. The lowest BCUT2D eigenvalue weighted by Gasteiger charge is -2.15. The largest absolute Gasteiger partial charge is 0.389 e. The van der Waals surface area contributed by atoms with Gasteiger partial charge in [-0.05, 0) is 104 Å². The number of terminal acetylenes is 2. The number of aliphatic imine (C=N–C) groups is 2. The van der Waals surface area contributed by atoms with Crippen molar-refractivity contribution in [2.75, 3.05) is 33.7 Å². The van der Waals surface area contributed by atoms with Crippen LogP contribution in [0.5, 0.6) is 0 Å². The van der Waals surface area contributed by atoms with Crippen LogP contribution in [0.15, 0.2) is 131 Å². The van der Waals surface area contributed by atoms with Crippen molar-refractivity contribution >= 4 is 11.7 Å². The molecule has 0 aliphatic heterocycles. The van der Waals surface area contributed by atoms with E-state index in [-0.39, 0.29) is 0 Å². The van der Waals surface area contributed by atoms with E-state index in [4.69, 9.17) is 6.42 Å². The van der Waals surface area contributed by atoms with Crippen LogP contribution in [-0.2, 0) is 0 Å². The predicted octanol–water partition coefficient (Wildman–Crippen LogP) is 10.5. The van der Waals surface area contributed by atoms with Crippen LogP contribution >= 0.6 is 0 Å². The molecule has 0 amide bonds. The van der Waals surface area contributed by atoms with Crippen molar-refractivity contribution < 1.29 is 0 Å². The molecule has 6 heteroatoms. The van der Waals surface area contributed by atoms with E-state index in [9.17, 15) is 0 Å². The standard InChI is InChI=1S/C16H24N2.C13H21N.C11H19N3.C2H6.C2H2/c1-7-10-15(6)16(18-14(4)5)11-8-9-12-17-13(2)3;1-6-8-13(7-2)12(4)9-11(3)10-14-5;1-7-12-11(14(6)8-2)13-10(5)9(3)4;2*1-2/h1,8,11,17-18H,2,4,9-10,12H2,3,5-6H3;6-7,9,14H,1-2,8,10H2,3-5H3;7H,1,3,8H2,2,4-6H3;1-2H3;1-2H/b11-8-,16-15+;11-9+,13-12-;12-11?,13-10+;;. The Balaban J connectivity index is -0.000000194. The Labute approximate surface area is 310 Å². The normalized spacial score (nSPS) is 11.7. The molecule has 0 spiro atoms. The molecule has 0 bridgehead atoms. The summed E-state index contributed by atoms with van der Waals surface area (Å²) < 4.78 is 0. The van der Waals surface area contributed by atoms with Crippen molar-refractivity contribution in [2.45, 2.75) is 88.5 Å². The van der Waals surface area contributed by atoms with E-state index in [0.29, 0.717) is 12.4 Å². The maximum atomic E-state index is 5.33. The minimum Gasteiger partial charge on any atom is -0.389 e. The second kappa shape index (κ2) is 38.7. The van der Waals surface area contributed by atoms with Crippen molar-refractivity contribution in [3.05, 3.63) is 121 Å². The van der Waals surface area contributed by atoms with Crippen LogP contribution in [-0.4, -0.2) is 50.3 Å². The Bertz CT molecular complexity index is 1270. The zero-order chi connectivity index (χ0) is 40.1. The first-order valence-electron chi connectivity index (χ1n) is 17.0. The lowest BCUT2D eigenvalue weighted by molar-refractivity contribution is 0.529. The summed E-state index contributed by atoms with van der Waals surface area (Å²) in [5.74, 6) is 3.32. The van der Waals surface area contributed by atoms with Crippen LogP contribution in [0.3, 0.4) is 0 Å². The topological polar surface area (TPSA) is 64.0 Å². The average Bonchev–Trinajstić information content (AvgIpc) is 3.08. The van der Waals surface area contributed by atoms with E-state index < -0.39 is 0 Å². The average molecular weight is 685 g/mol. The first-order valence-corrected chi connectivity index (χ1v) is 17.0. The first kappa shape index (κ1) is 54.7. The Morgan fingerprint density at radius 2 is 1.52 bits per heavy atom. The fraction of sp³-hybridized carbons (Fsp3) is 0.409. The number of hydrogen-bond acceptors (Lipinski definition) is 4. The van der Waals surface area contributed by atoms with Gasteiger partial charge in [0.1, 0.15) is 0 Å². The van der Waals surface area contributed by atoms with Gasteiger partial charge in [-0.15, -0.1) is 31.8 Å². The van der Waals surface area contributed by atoms with Crippen LogP contribution in [0.25, 0.3) is 0 Å². The smallest absolute Gasteiger partial charge is 0.225 e. The van der Waals surface area contributed by atoms with Gasteiger partial charge in [0.15, 0.2) is 0 Å². The van der Waals surface area contributed by atoms with Gasteiger partial charge in [0.05, 0.1) is 0 Å². The maximum Gasteiger partial charge on any atom is 0.225 e. The molecule has 3 N–H and O–H groups in total. The van der Waals surface area contributed by atoms with Crippen molar-refractivity contribution in [1.82, 2.24) is 20.9 Å². The molecule has 0 heterocycles. The van der Waals surface area contributed by atoms with E-state index in [2.05, 4.69) is 116 Å². The van der Waals surface area contributed by atoms with E-state index in [1.807, 2.05) is 86.5 Å². The third-order valence-corrected chi connectivity index (χ3v) is 6.14. The molecular formula is C44H72N6. The van der Waals surface area contributed by atoms with Crippen molar-refractivity contribution in [3.63, 3.8) is 0 Å². The molecule has 0 unspecified atom stereocenters. The molecule has 0 rings (SSSR count). The number of nitrogens with zero attached hydrogens (tertiary/aromatic N) is 3. The number of allylic oxidation sites excluding steroid dienone is 10. The highest BCUT2D eigenvalue weighted by atomic mass is 15.2. The number of guanidine groups is 1. The lowest BCUT2D eigenvalue weighted by atomic mass is 10.0. The second-order valence-corrected chi connectivity index (χ2v) is 10.9. The minimum absolute atomic E-state index is 0.643. The van der Waals surface area contributed by atoms with E-state index >= 15 is 0 Å². The molecule has 0 aliphatic rings. The van der Waals surface area contributed by atoms with E-state index in [0.717, 1.165) is 66.4 Å². The number of hydrogen-bond donors (Lipinski definition) is 3. The Morgan fingerprint density at radius 1 is 0.940 bits per heavy atom. The zero-order valence-corrected chi connectivity index (χ0v) is 34.0. The fourth-order valence-corrected chi connectivity index (χ4v) is 3.37. The van der Waals surface area contributed by atoms with Gasteiger partial charge >= 0.3 is 0 Å². The van der Waals surface area contributed by atoms with Gasteiger partial charge in [0.2, 0.25) is 5.96 Å². The molecule has 0 saturated heterocycles. The second-order valence-electron chi connectivity index (χ2n) is 10.9. The maximum absolute atomic E-state index is 5.33. The molecule has 0 aromatic rings. The van der Waals surface area contributed by atoms with Gasteiger partial charge in [0.25, 0.3) is 0 Å². The van der Waals surface area contributed by atoms with Gasteiger partial charge < -0.3 is 20.9 Å². The van der Waals surface area contributed by atoms with Crippen LogP contribution < -0.4 is 16.0 Å². The SMILES string of the molecule is C#C.C#CC/C(C)=C(\C=C/CCNC(=C)C)NC(=C)C.C=CC/C(C=C)=C(C)\C=C(/C)CNC.C=CN=C(/N=C(\C)C(=C)C)N(C)CC.CC. The third kappa shape index (κ3) is 34.6. The zero-order valence-electron chi connectivity index (χ0n) is 34.0. The van der Waals surface area contributed by atoms with Gasteiger partial charge in [-0.3, -0.25) is 0 Å². The molecule has 0 aromatic heterocycles. The van der Waals surface area contributed by atoms with Gasteiger partial charge in [-0.25, -0.2) is 9.98 Å². The summed E-state index contributed by atoms with van der Waals surface area (Å²) in [5, 5.41) is 9.54. The summed E-state index contributed by atoms with van der Waals surface area (Å²) in [7, 11) is 3.89. The van der Waals surface area contributed by atoms with Crippen LogP contribution in [0.2, 0.25) is 0 Å². The molecule has 0 aliphatic carbocycles. The Kier molecular flexibility index (Phi) is 42.3. The fourth-order valence-electron chi connectivity index (χ4n) is 3.37. The molecule has 0 saturated carbocycles. The highest BCUT2D eigenvalue weighted by Crippen LogP contribution is 2.13. The molecule has 0 fully saturated rings. The molecule has 278 valence electrons. The van der Waals surface area contributed by atoms with Gasteiger partial charge in [0, 0.05) is 62.1 Å². The van der Waals surface area contributed by atoms with Crippen LogP contribution in [0.4, 0.5) is 0 Å². The highest BCUT2D eigenvalue weighted by molar-refractivity contribution is 6.04. The summed E-state index contributed by atoms with van der Waals surface area (Å²) in [5.41, 5.74) is 9.77. The monoisotopic (exact) mass is 685 g/mol. The first-order chi connectivity index (χ1) is 23.6. The molecule has 0 radical (unpaired) electrons. The van der Waals surface area contributed by atoms with E-state index in [1.54, 1.807) is 0 Å². The van der Waals surface area contributed by atoms with Crippen molar-refractivity contribution in [3.8, 4) is 25.2 Å². The molecule has 0 atom stereocenters. The third-order valence-electron chi connectivity index (χ3n) is 6.14. The number of nitrogens with one attached hydrogen (secondary N) is 3. The Morgan fingerprint density at radius 3 is 1.92 bits per heavy atom. The number of rotatable bonds is 17. The summed E-state index contributed by atoms with van der Waals surface area (Å²) >= 11 is 0. The van der Waals surface area contributed by atoms with Crippen molar-refractivity contribution in [1.29, 1.82) is 0 Å². The summed E-state index contributed by atoms with van der Waals surface area (Å²) in [6, 6.07) is 0. The predicted molar refractivity (Wildman–Crippen MR) is 231 cm³/mol. The Hall–Kier alpha value is -4.78. The summed E-state index contributed by atoms with van der Waals surface area (Å²) in [6.07, 6.45) is 27.5. The molecule has 6 nitrogen and oxygen atoms in total. The molecular weight excluding hydrogens is 613 g/mol.